The standard InChI is InChI=1S/C20H30O2.C2H4O2.CHNO/c1-12-10-13-11-14(21)4-5-15(13)16-6-8-19(2)17(18(12)16)7-9-20(19,3)22;1-2(3)4;2-1-3/h11-12,15-18,22H,4-10H2,1-3H3;1H3,(H,3,4);3H/t12-,15+,16-,17+,18-,19+,20+;;/m1../s1. The molecular weight excluding hydrogens is 370 g/mol. The zero-order valence-corrected chi connectivity index (χ0v) is 18.0. The third kappa shape index (κ3) is 4.50. The van der Waals surface area contributed by atoms with Crippen molar-refractivity contribution in [2.45, 2.75) is 78.2 Å². The van der Waals surface area contributed by atoms with Gasteiger partial charge in [0.2, 0.25) is 0 Å². The summed E-state index contributed by atoms with van der Waals surface area (Å²) in [6, 6.07) is 0. The molecule has 0 aromatic heterocycles. The molecule has 0 aromatic carbocycles. The quantitative estimate of drug-likeness (QED) is 0.523. The number of hydrogen-bond donors (Lipinski definition) is 3. The van der Waals surface area contributed by atoms with Crippen LogP contribution in [0.1, 0.15) is 72.6 Å². The molecule has 4 rings (SSSR count). The Morgan fingerprint density at radius 1 is 1.24 bits per heavy atom. The molecule has 4 aliphatic carbocycles. The third-order valence-electron chi connectivity index (χ3n) is 8.20. The highest BCUT2D eigenvalue weighted by molar-refractivity contribution is 5.91. The average molecular weight is 406 g/mol. The lowest BCUT2D eigenvalue weighted by Gasteiger charge is -2.57. The van der Waals surface area contributed by atoms with Gasteiger partial charge in [0.15, 0.2) is 5.78 Å². The van der Waals surface area contributed by atoms with E-state index in [1.165, 1.54) is 18.4 Å². The molecule has 7 atom stereocenters. The topological polar surface area (TPSA) is 119 Å². The van der Waals surface area contributed by atoms with E-state index in [2.05, 4.69) is 20.8 Å². The maximum Gasteiger partial charge on any atom is 0.300 e. The highest BCUT2D eigenvalue weighted by atomic mass is 16.4. The van der Waals surface area contributed by atoms with Crippen LogP contribution in [-0.4, -0.2) is 32.7 Å². The van der Waals surface area contributed by atoms with Crippen LogP contribution >= 0.6 is 0 Å². The van der Waals surface area contributed by atoms with Crippen LogP contribution in [0.3, 0.4) is 0 Å². The van der Waals surface area contributed by atoms with Gasteiger partial charge in [0, 0.05) is 13.3 Å². The van der Waals surface area contributed by atoms with Gasteiger partial charge in [-0.15, -0.1) is 0 Å². The number of aliphatic hydroxyl groups excluding tert-OH is 1. The number of nitriles is 1. The summed E-state index contributed by atoms with van der Waals surface area (Å²) in [5.74, 6) is 3.03. The molecule has 6 nitrogen and oxygen atoms in total. The van der Waals surface area contributed by atoms with Crippen molar-refractivity contribution in [2.75, 3.05) is 0 Å². The van der Waals surface area contributed by atoms with Crippen LogP contribution in [-0.2, 0) is 9.59 Å². The third-order valence-corrected chi connectivity index (χ3v) is 8.20. The molecule has 6 heteroatoms. The number of carboxylic acid groups (broad SMARTS) is 1. The fourth-order valence-electron chi connectivity index (χ4n) is 6.83. The second-order valence-corrected chi connectivity index (χ2v) is 9.75. The number of hydrogen-bond acceptors (Lipinski definition) is 5. The van der Waals surface area contributed by atoms with Gasteiger partial charge >= 0.3 is 0 Å². The first kappa shape index (κ1) is 23.4. The second-order valence-electron chi connectivity index (χ2n) is 9.75. The van der Waals surface area contributed by atoms with Crippen LogP contribution in [0.25, 0.3) is 0 Å². The van der Waals surface area contributed by atoms with Crippen molar-refractivity contribution in [1.82, 2.24) is 0 Å². The smallest absolute Gasteiger partial charge is 0.300 e. The molecule has 0 unspecified atom stereocenters. The molecule has 0 aromatic rings. The predicted molar refractivity (Wildman–Crippen MR) is 108 cm³/mol. The Morgan fingerprint density at radius 2 is 1.83 bits per heavy atom. The van der Waals surface area contributed by atoms with Crippen LogP contribution in [0.2, 0.25) is 0 Å². The summed E-state index contributed by atoms with van der Waals surface area (Å²) in [5, 5.41) is 32.1. The molecule has 0 spiro atoms. The fraction of sp³-hybridized carbons (Fsp3) is 0.783. The number of carbonyl (C=O) groups is 2. The zero-order chi connectivity index (χ0) is 22.0. The van der Waals surface area contributed by atoms with E-state index in [-0.39, 0.29) is 5.41 Å². The van der Waals surface area contributed by atoms with Crippen LogP contribution in [0.4, 0.5) is 0 Å². The van der Waals surface area contributed by atoms with E-state index in [1.54, 1.807) is 0 Å². The monoisotopic (exact) mass is 405 g/mol. The summed E-state index contributed by atoms with van der Waals surface area (Å²) in [7, 11) is 0. The summed E-state index contributed by atoms with van der Waals surface area (Å²) in [5.41, 5.74) is 1.08. The van der Waals surface area contributed by atoms with Crippen molar-refractivity contribution >= 4 is 11.8 Å². The second kappa shape index (κ2) is 8.87. The highest BCUT2D eigenvalue weighted by Gasteiger charge is 2.61. The molecule has 3 N–H and O–H groups in total. The number of nitrogens with zero attached hydrogens (tertiary/aromatic N) is 1. The number of rotatable bonds is 0. The number of aliphatic hydroxyl groups is 2. The van der Waals surface area contributed by atoms with Crippen molar-refractivity contribution < 1.29 is 24.9 Å². The van der Waals surface area contributed by atoms with Crippen molar-refractivity contribution in [3.8, 4) is 6.26 Å². The Kier molecular flexibility index (Phi) is 7.16. The Hall–Kier alpha value is -1.87. The molecule has 0 heterocycles. The summed E-state index contributed by atoms with van der Waals surface area (Å²) < 4.78 is 0. The number of carboxylic acids is 1. The zero-order valence-electron chi connectivity index (χ0n) is 18.0. The summed E-state index contributed by atoms with van der Waals surface area (Å²) in [6.45, 7) is 7.90. The molecule has 4 aliphatic rings. The summed E-state index contributed by atoms with van der Waals surface area (Å²) in [4.78, 5) is 20.8. The van der Waals surface area contributed by atoms with Gasteiger partial charge in [-0.3, -0.25) is 9.59 Å². The molecule has 0 saturated heterocycles. The van der Waals surface area contributed by atoms with E-state index in [1.807, 2.05) is 6.08 Å². The Balaban J connectivity index is 0.000000377. The van der Waals surface area contributed by atoms with E-state index < -0.39 is 11.6 Å². The van der Waals surface area contributed by atoms with E-state index in [0.29, 0.717) is 23.5 Å². The van der Waals surface area contributed by atoms with E-state index in [9.17, 15) is 9.90 Å². The van der Waals surface area contributed by atoms with Crippen LogP contribution in [0.15, 0.2) is 11.6 Å². The molecule has 0 bridgehead atoms. The first-order valence-electron chi connectivity index (χ1n) is 10.7. The molecule has 0 radical (unpaired) electrons. The molecule has 3 saturated carbocycles. The maximum absolute atomic E-state index is 11.8. The summed E-state index contributed by atoms with van der Waals surface area (Å²) >= 11 is 0. The number of fused-ring (bicyclic) bond motifs is 5. The normalized spacial score (nSPS) is 42.3. The molecule has 0 amide bonds. The Labute approximate surface area is 173 Å². The molecule has 29 heavy (non-hydrogen) atoms. The van der Waals surface area contributed by atoms with Gasteiger partial charge in [0.05, 0.1) is 5.60 Å². The van der Waals surface area contributed by atoms with Gasteiger partial charge in [-0.1, -0.05) is 19.4 Å². The minimum Gasteiger partial charge on any atom is -0.481 e. The van der Waals surface area contributed by atoms with E-state index >= 15 is 0 Å². The van der Waals surface area contributed by atoms with Crippen LogP contribution in [0, 0.1) is 46.5 Å². The fourth-order valence-corrected chi connectivity index (χ4v) is 6.83. The molecule has 3 fully saturated rings. The number of aliphatic carboxylic acids is 1. The lowest BCUT2D eigenvalue weighted by molar-refractivity contribution is -0.134. The molecular formula is C23H35NO5. The van der Waals surface area contributed by atoms with Crippen molar-refractivity contribution in [1.29, 1.82) is 5.26 Å². The molecule has 162 valence electrons. The van der Waals surface area contributed by atoms with Crippen molar-refractivity contribution in [3.05, 3.63) is 11.6 Å². The first-order valence-corrected chi connectivity index (χ1v) is 10.7. The minimum atomic E-state index is -0.833. The van der Waals surface area contributed by atoms with Crippen LogP contribution in [0.5, 0.6) is 0 Å². The van der Waals surface area contributed by atoms with Gasteiger partial charge in [0.1, 0.15) is 0 Å². The SMILES string of the molecule is CC(=O)O.C[C@@H]1CC2=CC(=O)CC[C@@H]2[C@H]2CC[C@@]3(C)[C@@H](CC[C@]3(C)O)[C@@H]21.N#CO. The number of allylic oxidation sites excluding steroid dienone is 1. The average Bonchev–Trinajstić information content (AvgIpc) is 2.84. The van der Waals surface area contributed by atoms with Crippen LogP contribution < -0.4 is 0 Å². The lowest BCUT2D eigenvalue weighted by Crippen LogP contribution is -2.53. The number of ketones is 1. The van der Waals surface area contributed by atoms with E-state index in [4.69, 9.17) is 20.3 Å². The van der Waals surface area contributed by atoms with E-state index in [0.717, 1.165) is 57.1 Å². The minimum absolute atomic E-state index is 0.105. The summed E-state index contributed by atoms with van der Waals surface area (Å²) in [6.07, 6.45) is 10.3. The van der Waals surface area contributed by atoms with Gasteiger partial charge < -0.3 is 15.3 Å². The maximum atomic E-state index is 11.8. The molecule has 0 aliphatic heterocycles. The lowest BCUT2D eigenvalue weighted by atomic mass is 9.48. The van der Waals surface area contributed by atoms with Crippen molar-refractivity contribution in [3.63, 3.8) is 0 Å². The highest BCUT2D eigenvalue weighted by Crippen LogP contribution is 2.65. The van der Waals surface area contributed by atoms with Gasteiger partial charge in [0.25, 0.3) is 12.2 Å². The van der Waals surface area contributed by atoms with Gasteiger partial charge in [-0.05, 0) is 86.5 Å². The predicted octanol–water partition coefficient (Wildman–Crippen LogP) is 4.06. The Morgan fingerprint density at radius 3 is 2.41 bits per heavy atom. The van der Waals surface area contributed by atoms with Gasteiger partial charge in [-0.25, -0.2) is 0 Å². The van der Waals surface area contributed by atoms with Gasteiger partial charge in [-0.2, -0.15) is 5.26 Å². The van der Waals surface area contributed by atoms with Crippen molar-refractivity contribution in [2.24, 2.45) is 35.0 Å². The Bertz CT molecular complexity index is 703. The number of carbonyl (C=O) groups excluding carboxylic acids is 1. The first-order chi connectivity index (χ1) is 13.5. The largest absolute Gasteiger partial charge is 0.481 e.